The minimum Gasteiger partial charge on any atom is -0.479 e. The highest BCUT2D eigenvalue weighted by Crippen LogP contribution is 2.46. The number of aliphatic carboxylic acids is 1. The number of piperidine rings is 1. The Balaban J connectivity index is 1.58. The van der Waals surface area contributed by atoms with Crippen molar-refractivity contribution in [1.29, 1.82) is 0 Å². The van der Waals surface area contributed by atoms with Gasteiger partial charge >= 0.3 is 5.97 Å². The van der Waals surface area contributed by atoms with Crippen LogP contribution in [0.1, 0.15) is 37.7 Å². The van der Waals surface area contributed by atoms with Crippen LogP contribution in [0.25, 0.3) is 0 Å². The summed E-state index contributed by atoms with van der Waals surface area (Å²) in [5.74, 6) is 0.452. The summed E-state index contributed by atoms with van der Waals surface area (Å²) < 4.78 is 0. The highest BCUT2D eigenvalue weighted by Gasteiger charge is 2.47. The first kappa shape index (κ1) is 14.1. The fourth-order valence-electron chi connectivity index (χ4n) is 4.41. The molecule has 3 aliphatic rings. The third-order valence-corrected chi connectivity index (χ3v) is 5.92. The van der Waals surface area contributed by atoms with Crippen molar-refractivity contribution in [2.75, 3.05) is 18.0 Å². The Morgan fingerprint density at radius 3 is 2.23 bits per heavy atom. The SMILES string of the molecule is O=C(O)[C@](O)(c1ccc(N2CC3CC3C2)cc1)C1CCCC1. The molecule has 1 aromatic carbocycles. The number of carboxylic acids is 1. The first-order valence-corrected chi connectivity index (χ1v) is 8.40. The molecule has 0 radical (unpaired) electrons. The Morgan fingerprint density at radius 2 is 1.68 bits per heavy atom. The van der Waals surface area contributed by atoms with E-state index >= 15 is 0 Å². The lowest BCUT2D eigenvalue weighted by Gasteiger charge is -2.31. The van der Waals surface area contributed by atoms with Gasteiger partial charge < -0.3 is 15.1 Å². The van der Waals surface area contributed by atoms with Crippen molar-refractivity contribution in [2.24, 2.45) is 17.8 Å². The third kappa shape index (κ3) is 2.12. The molecule has 2 N–H and O–H groups in total. The largest absolute Gasteiger partial charge is 0.479 e. The van der Waals surface area contributed by atoms with Crippen molar-refractivity contribution in [2.45, 2.75) is 37.7 Å². The van der Waals surface area contributed by atoms with Crippen molar-refractivity contribution in [3.8, 4) is 0 Å². The summed E-state index contributed by atoms with van der Waals surface area (Å²) in [5.41, 5.74) is -0.0579. The first-order valence-electron chi connectivity index (χ1n) is 8.40. The van der Waals surface area contributed by atoms with E-state index in [0.717, 1.165) is 56.3 Å². The summed E-state index contributed by atoms with van der Waals surface area (Å²) in [6, 6.07) is 7.57. The summed E-state index contributed by atoms with van der Waals surface area (Å²) in [4.78, 5) is 14.1. The van der Waals surface area contributed by atoms with Gasteiger partial charge in [0.25, 0.3) is 0 Å². The maximum Gasteiger partial charge on any atom is 0.340 e. The number of fused-ring (bicyclic) bond motifs is 1. The second kappa shape index (κ2) is 4.98. The Bertz CT molecular complexity index is 568. The highest BCUT2D eigenvalue weighted by molar-refractivity contribution is 5.80. The fraction of sp³-hybridized carbons (Fsp3) is 0.611. The van der Waals surface area contributed by atoms with E-state index in [1.165, 1.54) is 6.42 Å². The lowest BCUT2D eigenvalue weighted by molar-refractivity contribution is -0.166. The molecular weight excluding hydrogens is 278 g/mol. The predicted molar refractivity (Wildman–Crippen MR) is 83.7 cm³/mol. The van der Waals surface area contributed by atoms with Gasteiger partial charge in [-0.05, 0) is 48.8 Å². The topological polar surface area (TPSA) is 60.8 Å². The lowest BCUT2D eigenvalue weighted by atomic mass is 9.80. The fourth-order valence-corrected chi connectivity index (χ4v) is 4.41. The summed E-state index contributed by atoms with van der Waals surface area (Å²) in [6.07, 6.45) is 4.97. The molecule has 2 unspecified atom stereocenters. The van der Waals surface area contributed by atoms with Crippen LogP contribution >= 0.6 is 0 Å². The van der Waals surface area contributed by atoms with Gasteiger partial charge in [-0.3, -0.25) is 0 Å². The highest BCUT2D eigenvalue weighted by atomic mass is 16.4. The summed E-state index contributed by atoms with van der Waals surface area (Å²) in [5, 5.41) is 20.5. The second-order valence-corrected chi connectivity index (χ2v) is 7.26. The van der Waals surface area contributed by atoms with E-state index in [1.54, 1.807) is 0 Å². The number of hydrogen-bond acceptors (Lipinski definition) is 3. The van der Waals surface area contributed by atoms with Crippen LogP contribution in [-0.4, -0.2) is 29.3 Å². The van der Waals surface area contributed by atoms with Crippen LogP contribution in [0.5, 0.6) is 0 Å². The van der Waals surface area contributed by atoms with Crippen LogP contribution in [0.2, 0.25) is 0 Å². The number of anilines is 1. The Labute approximate surface area is 130 Å². The van der Waals surface area contributed by atoms with E-state index in [-0.39, 0.29) is 5.92 Å². The number of carbonyl (C=O) groups is 1. The maximum atomic E-state index is 11.7. The van der Waals surface area contributed by atoms with Crippen LogP contribution in [0.15, 0.2) is 24.3 Å². The van der Waals surface area contributed by atoms with Gasteiger partial charge in [-0.2, -0.15) is 0 Å². The van der Waals surface area contributed by atoms with Crippen LogP contribution < -0.4 is 4.90 Å². The second-order valence-electron chi connectivity index (χ2n) is 7.26. The Kier molecular flexibility index (Phi) is 3.19. The zero-order chi connectivity index (χ0) is 15.3. The van der Waals surface area contributed by atoms with Crippen LogP contribution in [-0.2, 0) is 10.4 Å². The molecule has 22 heavy (non-hydrogen) atoms. The smallest absolute Gasteiger partial charge is 0.340 e. The van der Waals surface area contributed by atoms with E-state index in [9.17, 15) is 15.0 Å². The number of carboxylic acid groups (broad SMARTS) is 1. The molecule has 1 saturated heterocycles. The van der Waals surface area contributed by atoms with E-state index in [0.29, 0.717) is 5.56 Å². The predicted octanol–water partition coefficient (Wildman–Crippen LogP) is 2.61. The van der Waals surface area contributed by atoms with Gasteiger partial charge in [-0.15, -0.1) is 0 Å². The molecular formula is C18H23NO3. The lowest BCUT2D eigenvalue weighted by Crippen LogP contribution is -2.42. The van der Waals surface area contributed by atoms with Crippen LogP contribution in [0, 0.1) is 17.8 Å². The van der Waals surface area contributed by atoms with Crippen molar-refractivity contribution < 1.29 is 15.0 Å². The zero-order valence-corrected chi connectivity index (χ0v) is 12.7. The molecule has 4 rings (SSSR count). The van der Waals surface area contributed by atoms with Crippen LogP contribution in [0.3, 0.4) is 0 Å². The van der Waals surface area contributed by atoms with E-state index in [2.05, 4.69) is 4.90 Å². The van der Waals surface area contributed by atoms with E-state index < -0.39 is 11.6 Å². The number of hydrogen-bond donors (Lipinski definition) is 2. The average molecular weight is 301 g/mol. The average Bonchev–Trinajstić information content (AvgIpc) is 2.97. The normalized spacial score (nSPS) is 30.1. The molecule has 3 fully saturated rings. The molecule has 1 heterocycles. The van der Waals surface area contributed by atoms with Gasteiger partial charge in [-0.1, -0.05) is 25.0 Å². The van der Waals surface area contributed by atoms with Gasteiger partial charge in [0.1, 0.15) is 0 Å². The van der Waals surface area contributed by atoms with Gasteiger partial charge in [0, 0.05) is 24.7 Å². The molecule has 4 nitrogen and oxygen atoms in total. The quantitative estimate of drug-likeness (QED) is 0.897. The molecule has 0 spiro atoms. The summed E-state index contributed by atoms with van der Waals surface area (Å²) in [6.45, 7) is 2.24. The third-order valence-electron chi connectivity index (χ3n) is 5.92. The first-order chi connectivity index (χ1) is 10.6. The van der Waals surface area contributed by atoms with E-state index in [4.69, 9.17) is 0 Å². The van der Waals surface area contributed by atoms with Gasteiger partial charge in [0.05, 0.1) is 0 Å². The van der Waals surface area contributed by atoms with Gasteiger partial charge in [-0.25, -0.2) is 4.79 Å². The Morgan fingerprint density at radius 1 is 1.09 bits per heavy atom. The molecule has 0 aromatic heterocycles. The standard InChI is InChI=1S/C18H23NO3/c20-17(21)18(22,14-3-1-2-4-14)15-5-7-16(8-6-15)19-10-12-9-13(12)11-19/h5-8,12-14,22H,1-4,9-11H2,(H,20,21)/t12?,13?,18-/m1/s1. The van der Waals surface area contributed by atoms with Crippen molar-refractivity contribution in [1.82, 2.24) is 0 Å². The zero-order valence-electron chi connectivity index (χ0n) is 12.7. The molecule has 1 aliphatic heterocycles. The summed E-state index contributed by atoms with van der Waals surface area (Å²) >= 11 is 0. The number of nitrogens with zero attached hydrogens (tertiary/aromatic N) is 1. The van der Waals surface area contributed by atoms with Crippen molar-refractivity contribution in [3.63, 3.8) is 0 Å². The number of rotatable bonds is 4. The molecule has 3 atom stereocenters. The van der Waals surface area contributed by atoms with Gasteiger partial charge in [0.15, 0.2) is 5.60 Å². The van der Waals surface area contributed by atoms with Gasteiger partial charge in [0.2, 0.25) is 0 Å². The molecule has 0 amide bonds. The molecule has 2 aliphatic carbocycles. The summed E-state index contributed by atoms with van der Waals surface area (Å²) in [7, 11) is 0. The van der Waals surface area contributed by atoms with Crippen molar-refractivity contribution >= 4 is 11.7 Å². The Hall–Kier alpha value is -1.55. The minimum absolute atomic E-state index is 0.171. The van der Waals surface area contributed by atoms with Crippen LogP contribution in [0.4, 0.5) is 5.69 Å². The molecule has 4 heteroatoms. The number of aliphatic hydroxyl groups is 1. The molecule has 118 valence electrons. The molecule has 1 aromatic rings. The van der Waals surface area contributed by atoms with E-state index in [1.807, 2.05) is 24.3 Å². The van der Waals surface area contributed by atoms with Crippen molar-refractivity contribution in [3.05, 3.63) is 29.8 Å². The number of benzene rings is 1. The molecule has 0 bridgehead atoms. The maximum absolute atomic E-state index is 11.7. The monoisotopic (exact) mass is 301 g/mol. The molecule has 2 saturated carbocycles. The minimum atomic E-state index is -1.73.